The maximum absolute atomic E-state index is 5.72. The second-order valence-corrected chi connectivity index (χ2v) is 6.06. The van der Waals surface area contributed by atoms with Gasteiger partial charge >= 0.3 is 0 Å². The maximum Gasteiger partial charge on any atom is 0.0826 e. The van der Waals surface area contributed by atoms with Crippen molar-refractivity contribution in [3.05, 3.63) is 0 Å². The first-order chi connectivity index (χ1) is 8.68. The molecule has 0 amide bonds. The molecule has 1 aliphatic heterocycles. The molecule has 1 N–H and O–H groups in total. The lowest BCUT2D eigenvalue weighted by atomic mass is 10.0. The van der Waals surface area contributed by atoms with E-state index >= 15 is 0 Å². The Morgan fingerprint density at radius 3 is 2.72 bits per heavy atom. The number of likely N-dealkylation sites (N-methyl/N-ethyl adjacent to an activating group) is 1. The van der Waals surface area contributed by atoms with Crippen molar-refractivity contribution >= 4 is 0 Å². The molecule has 0 aromatic rings. The van der Waals surface area contributed by atoms with Crippen LogP contribution < -0.4 is 5.32 Å². The van der Waals surface area contributed by atoms with E-state index in [4.69, 9.17) is 4.74 Å². The minimum Gasteiger partial charge on any atom is -0.374 e. The molecule has 0 aromatic carbocycles. The number of hydrogen-bond acceptors (Lipinski definition) is 3. The topological polar surface area (TPSA) is 24.5 Å². The van der Waals surface area contributed by atoms with Gasteiger partial charge < -0.3 is 15.0 Å². The number of morpholine rings is 1. The van der Waals surface area contributed by atoms with Crippen molar-refractivity contribution < 1.29 is 4.74 Å². The third-order valence-corrected chi connectivity index (χ3v) is 3.60. The van der Waals surface area contributed by atoms with Gasteiger partial charge in [0.05, 0.1) is 12.7 Å². The van der Waals surface area contributed by atoms with Crippen LogP contribution >= 0.6 is 0 Å². The molecule has 1 fully saturated rings. The van der Waals surface area contributed by atoms with Crippen LogP contribution in [0.15, 0.2) is 0 Å². The average molecular weight is 256 g/mol. The molecule has 0 aliphatic carbocycles. The van der Waals surface area contributed by atoms with E-state index in [-0.39, 0.29) is 0 Å². The highest BCUT2D eigenvalue weighted by Gasteiger charge is 2.16. The number of nitrogens with one attached hydrogen (secondary N) is 1. The van der Waals surface area contributed by atoms with Crippen LogP contribution in [0.3, 0.4) is 0 Å². The molecule has 0 spiro atoms. The van der Waals surface area contributed by atoms with Crippen LogP contribution in [0.2, 0.25) is 0 Å². The van der Waals surface area contributed by atoms with Crippen LogP contribution in [-0.4, -0.2) is 50.8 Å². The maximum atomic E-state index is 5.72. The summed E-state index contributed by atoms with van der Waals surface area (Å²) in [5, 5.41) is 3.52. The number of nitrogens with zero attached hydrogens (tertiary/aromatic N) is 1. The first-order valence-corrected chi connectivity index (χ1v) is 7.69. The summed E-state index contributed by atoms with van der Waals surface area (Å²) in [4.78, 5) is 2.35. The normalized spacial score (nSPS) is 21.7. The van der Waals surface area contributed by atoms with Crippen molar-refractivity contribution in [2.75, 3.05) is 39.8 Å². The molecule has 0 aromatic heterocycles. The minimum absolute atomic E-state index is 0.393. The molecule has 1 rings (SSSR count). The molecule has 18 heavy (non-hydrogen) atoms. The summed E-state index contributed by atoms with van der Waals surface area (Å²) in [6.45, 7) is 9.80. The number of unbranched alkanes of at least 4 members (excludes halogenated alkanes) is 3. The van der Waals surface area contributed by atoms with E-state index in [1.54, 1.807) is 0 Å². The van der Waals surface area contributed by atoms with Crippen molar-refractivity contribution in [1.29, 1.82) is 0 Å². The van der Waals surface area contributed by atoms with E-state index < -0.39 is 0 Å². The molecule has 1 aliphatic rings. The van der Waals surface area contributed by atoms with E-state index in [1.807, 2.05) is 0 Å². The van der Waals surface area contributed by atoms with Crippen LogP contribution in [0.4, 0.5) is 0 Å². The Bertz CT molecular complexity index is 197. The van der Waals surface area contributed by atoms with Crippen LogP contribution in [0, 0.1) is 5.92 Å². The molecule has 0 saturated carbocycles. The quantitative estimate of drug-likeness (QED) is 0.642. The fourth-order valence-corrected chi connectivity index (χ4v) is 2.41. The molecule has 1 heterocycles. The van der Waals surface area contributed by atoms with Gasteiger partial charge in [0.15, 0.2) is 0 Å². The standard InChI is InChI=1S/C15H32N2O/c1-14(2)8-6-4-5-7-9-16-12-15-13-17(3)10-11-18-15/h14-16H,4-13H2,1-3H3. The molecular weight excluding hydrogens is 224 g/mol. The summed E-state index contributed by atoms with van der Waals surface area (Å²) in [6.07, 6.45) is 7.24. The fraction of sp³-hybridized carbons (Fsp3) is 1.00. The Morgan fingerprint density at radius 2 is 2.00 bits per heavy atom. The molecular formula is C15H32N2O. The van der Waals surface area contributed by atoms with E-state index in [9.17, 15) is 0 Å². The Kier molecular flexibility index (Phi) is 8.64. The Morgan fingerprint density at radius 1 is 1.22 bits per heavy atom. The Balaban J connectivity index is 1.83. The van der Waals surface area contributed by atoms with Gasteiger partial charge in [0, 0.05) is 19.6 Å². The largest absolute Gasteiger partial charge is 0.374 e. The van der Waals surface area contributed by atoms with Gasteiger partial charge in [-0.3, -0.25) is 0 Å². The van der Waals surface area contributed by atoms with Crippen molar-refractivity contribution in [3.8, 4) is 0 Å². The van der Waals surface area contributed by atoms with E-state index in [0.717, 1.165) is 38.7 Å². The fourth-order valence-electron chi connectivity index (χ4n) is 2.41. The summed E-state index contributed by atoms with van der Waals surface area (Å²) in [5.41, 5.74) is 0. The lowest BCUT2D eigenvalue weighted by molar-refractivity contribution is -0.0180. The van der Waals surface area contributed by atoms with E-state index in [2.05, 4.69) is 31.1 Å². The van der Waals surface area contributed by atoms with Crippen LogP contribution in [0.5, 0.6) is 0 Å². The third-order valence-electron chi connectivity index (χ3n) is 3.60. The third kappa shape index (κ3) is 8.06. The Hall–Kier alpha value is -0.120. The molecule has 1 saturated heterocycles. The van der Waals surface area contributed by atoms with Gasteiger partial charge in [-0.15, -0.1) is 0 Å². The number of hydrogen-bond donors (Lipinski definition) is 1. The first-order valence-electron chi connectivity index (χ1n) is 7.69. The van der Waals surface area contributed by atoms with Crippen LogP contribution in [0.1, 0.15) is 46.0 Å². The van der Waals surface area contributed by atoms with Crippen molar-refractivity contribution in [3.63, 3.8) is 0 Å². The predicted molar refractivity (Wildman–Crippen MR) is 78.0 cm³/mol. The second kappa shape index (κ2) is 9.76. The van der Waals surface area contributed by atoms with Crippen LogP contribution in [-0.2, 0) is 4.74 Å². The predicted octanol–water partition coefficient (Wildman–Crippen LogP) is 2.51. The van der Waals surface area contributed by atoms with Crippen molar-refractivity contribution in [2.24, 2.45) is 5.92 Å². The SMILES string of the molecule is CC(C)CCCCCCNCC1CN(C)CCO1. The van der Waals surface area contributed by atoms with Gasteiger partial charge in [0.1, 0.15) is 0 Å². The molecule has 108 valence electrons. The van der Waals surface area contributed by atoms with Gasteiger partial charge in [0.25, 0.3) is 0 Å². The number of ether oxygens (including phenoxy) is 1. The van der Waals surface area contributed by atoms with E-state index in [1.165, 1.54) is 32.1 Å². The van der Waals surface area contributed by atoms with Gasteiger partial charge in [-0.1, -0.05) is 39.5 Å². The highest BCUT2D eigenvalue weighted by Crippen LogP contribution is 2.09. The van der Waals surface area contributed by atoms with Crippen molar-refractivity contribution in [2.45, 2.75) is 52.1 Å². The van der Waals surface area contributed by atoms with Gasteiger partial charge in [-0.05, 0) is 25.9 Å². The smallest absolute Gasteiger partial charge is 0.0826 e. The zero-order chi connectivity index (χ0) is 13.2. The average Bonchev–Trinajstić information content (AvgIpc) is 2.32. The summed E-state index contributed by atoms with van der Waals surface area (Å²) in [7, 11) is 2.17. The van der Waals surface area contributed by atoms with Gasteiger partial charge in [-0.25, -0.2) is 0 Å². The monoisotopic (exact) mass is 256 g/mol. The second-order valence-electron chi connectivity index (χ2n) is 6.06. The first kappa shape index (κ1) is 15.9. The molecule has 1 atom stereocenters. The highest BCUT2D eigenvalue weighted by atomic mass is 16.5. The molecule has 1 unspecified atom stereocenters. The summed E-state index contributed by atoms with van der Waals surface area (Å²) in [5.74, 6) is 0.864. The number of rotatable bonds is 9. The summed E-state index contributed by atoms with van der Waals surface area (Å²) in [6, 6.07) is 0. The molecule has 3 heteroatoms. The minimum atomic E-state index is 0.393. The molecule has 0 bridgehead atoms. The van der Waals surface area contributed by atoms with Crippen molar-refractivity contribution in [1.82, 2.24) is 10.2 Å². The lowest BCUT2D eigenvalue weighted by Crippen LogP contribution is -2.44. The summed E-state index contributed by atoms with van der Waals surface area (Å²) < 4.78 is 5.72. The molecule has 3 nitrogen and oxygen atoms in total. The zero-order valence-corrected chi connectivity index (χ0v) is 12.6. The lowest BCUT2D eigenvalue weighted by Gasteiger charge is -2.30. The van der Waals surface area contributed by atoms with E-state index in [0.29, 0.717) is 6.10 Å². The zero-order valence-electron chi connectivity index (χ0n) is 12.6. The van der Waals surface area contributed by atoms with Gasteiger partial charge in [0.2, 0.25) is 0 Å². The Labute approximate surface area is 113 Å². The summed E-state index contributed by atoms with van der Waals surface area (Å²) >= 11 is 0. The molecule has 0 radical (unpaired) electrons. The highest BCUT2D eigenvalue weighted by molar-refractivity contribution is 4.70. The van der Waals surface area contributed by atoms with Gasteiger partial charge in [-0.2, -0.15) is 0 Å². The van der Waals surface area contributed by atoms with Crippen LogP contribution in [0.25, 0.3) is 0 Å².